The van der Waals surface area contributed by atoms with Crippen LogP contribution >= 0.6 is 12.2 Å². The number of benzene rings is 2. The van der Waals surface area contributed by atoms with Crippen LogP contribution in [0.1, 0.15) is 36.4 Å². The number of ether oxygens (including phenoxy) is 1. The molecule has 2 aromatic rings. The van der Waals surface area contributed by atoms with Gasteiger partial charge in [-0.15, -0.1) is 0 Å². The van der Waals surface area contributed by atoms with E-state index in [2.05, 4.69) is 58.9 Å². The zero-order valence-electron chi connectivity index (χ0n) is 16.2. The van der Waals surface area contributed by atoms with E-state index >= 15 is 0 Å². The van der Waals surface area contributed by atoms with Gasteiger partial charge < -0.3 is 15.4 Å². The molecular formula is C22H29N3OS. The Kier molecular flexibility index (Phi) is 7.07. The Hall–Kier alpha value is -2.11. The summed E-state index contributed by atoms with van der Waals surface area (Å²) in [5, 5.41) is 7.36. The van der Waals surface area contributed by atoms with Crippen LogP contribution in [0.15, 0.2) is 48.5 Å². The Bertz CT molecular complexity index is 724. The van der Waals surface area contributed by atoms with Gasteiger partial charge in [0.1, 0.15) is 5.75 Å². The number of likely N-dealkylation sites (tertiary alicyclic amines) is 1. The number of hydrogen-bond donors (Lipinski definition) is 2. The highest BCUT2D eigenvalue weighted by atomic mass is 32.1. The molecule has 1 aliphatic heterocycles. The van der Waals surface area contributed by atoms with Gasteiger partial charge in [-0.3, -0.25) is 4.90 Å². The molecule has 144 valence electrons. The Morgan fingerprint density at radius 3 is 2.33 bits per heavy atom. The molecule has 1 aliphatic rings. The minimum Gasteiger partial charge on any atom is -0.497 e. The first kappa shape index (κ1) is 19.6. The van der Waals surface area contributed by atoms with Crippen molar-refractivity contribution in [3.05, 3.63) is 59.7 Å². The number of thiocarbonyl (C=S) groups is 1. The van der Waals surface area contributed by atoms with Gasteiger partial charge in [-0.1, -0.05) is 36.2 Å². The minimum atomic E-state index is 0.300. The van der Waals surface area contributed by atoms with Crippen molar-refractivity contribution in [3.8, 4) is 5.75 Å². The van der Waals surface area contributed by atoms with Gasteiger partial charge in [0.2, 0.25) is 0 Å². The summed E-state index contributed by atoms with van der Waals surface area (Å²) in [6.07, 6.45) is 3.85. The maximum absolute atomic E-state index is 5.52. The fraction of sp³-hybridized carbons (Fsp3) is 0.409. The Morgan fingerprint density at radius 2 is 1.70 bits per heavy atom. The van der Waals surface area contributed by atoms with Crippen molar-refractivity contribution in [2.24, 2.45) is 0 Å². The fourth-order valence-electron chi connectivity index (χ4n) is 3.52. The van der Waals surface area contributed by atoms with E-state index in [0.29, 0.717) is 11.2 Å². The van der Waals surface area contributed by atoms with Crippen molar-refractivity contribution in [3.63, 3.8) is 0 Å². The standard InChI is InChI=1S/C22H29N3OS/c1-17-6-10-19(11-7-17)24-22(27)23-16-21(25-14-4-3-5-15-25)18-8-12-20(26-2)13-9-18/h6-13,21H,3-5,14-16H2,1-2H3,(H2,23,24,27)/t21-/m1/s1. The first-order valence-electron chi connectivity index (χ1n) is 9.65. The molecule has 1 atom stereocenters. The minimum absolute atomic E-state index is 0.300. The maximum atomic E-state index is 5.52. The predicted octanol–water partition coefficient (Wildman–Crippen LogP) is 4.52. The topological polar surface area (TPSA) is 36.5 Å². The normalized spacial score (nSPS) is 15.8. The molecule has 0 bridgehead atoms. The van der Waals surface area contributed by atoms with Crippen LogP contribution in [0.2, 0.25) is 0 Å². The van der Waals surface area contributed by atoms with Crippen molar-refractivity contribution < 1.29 is 4.74 Å². The number of piperidine rings is 1. The summed E-state index contributed by atoms with van der Waals surface area (Å²) in [6, 6.07) is 17.0. The summed E-state index contributed by atoms with van der Waals surface area (Å²) in [5.41, 5.74) is 3.55. The smallest absolute Gasteiger partial charge is 0.170 e. The number of hydrogen-bond acceptors (Lipinski definition) is 3. The number of methoxy groups -OCH3 is 1. The summed E-state index contributed by atoms with van der Waals surface area (Å²) in [5.74, 6) is 0.890. The third-order valence-electron chi connectivity index (χ3n) is 5.10. The molecule has 1 fully saturated rings. The molecule has 0 aromatic heterocycles. The molecule has 1 heterocycles. The van der Waals surface area contributed by atoms with E-state index in [1.165, 1.54) is 30.4 Å². The third-order valence-corrected chi connectivity index (χ3v) is 5.34. The molecule has 0 aliphatic carbocycles. The molecule has 27 heavy (non-hydrogen) atoms. The van der Waals surface area contributed by atoms with E-state index in [0.717, 1.165) is 31.1 Å². The van der Waals surface area contributed by atoms with Crippen molar-refractivity contribution >= 4 is 23.0 Å². The van der Waals surface area contributed by atoms with Crippen LogP contribution in [-0.2, 0) is 0 Å². The van der Waals surface area contributed by atoms with Crippen molar-refractivity contribution in [2.45, 2.75) is 32.2 Å². The first-order chi connectivity index (χ1) is 13.2. The highest BCUT2D eigenvalue weighted by molar-refractivity contribution is 7.80. The molecule has 0 amide bonds. The zero-order chi connectivity index (χ0) is 19.1. The molecule has 3 rings (SSSR count). The Morgan fingerprint density at radius 1 is 1.04 bits per heavy atom. The second-order valence-corrected chi connectivity index (χ2v) is 7.49. The summed E-state index contributed by atoms with van der Waals surface area (Å²) in [4.78, 5) is 2.56. The molecule has 0 spiro atoms. The van der Waals surface area contributed by atoms with Gasteiger partial charge in [0.25, 0.3) is 0 Å². The Balaban J connectivity index is 1.64. The molecule has 5 heteroatoms. The van der Waals surface area contributed by atoms with E-state index in [1.54, 1.807) is 7.11 Å². The van der Waals surface area contributed by atoms with Crippen molar-refractivity contribution in [1.29, 1.82) is 0 Å². The van der Waals surface area contributed by atoms with Gasteiger partial charge in [-0.05, 0) is 74.9 Å². The zero-order valence-corrected chi connectivity index (χ0v) is 17.0. The lowest BCUT2D eigenvalue weighted by Crippen LogP contribution is -2.41. The summed E-state index contributed by atoms with van der Waals surface area (Å²) >= 11 is 5.52. The van der Waals surface area contributed by atoms with Crippen LogP contribution in [0.25, 0.3) is 0 Å². The monoisotopic (exact) mass is 383 g/mol. The van der Waals surface area contributed by atoms with Crippen molar-refractivity contribution in [2.75, 3.05) is 32.1 Å². The van der Waals surface area contributed by atoms with Crippen LogP contribution in [0, 0.1) is 6.92 Å². The Labute approximate surface area is 167 Å². The molecule has 0 saturated carbocycles. The second-order valence-electron chi connectivity index (χ2n) is 7.09. The van der Waals surface area contributed by atoms with Crippen LogP contribution in [0.4, 0.5) is 5.69 Å². The molecule has 0 unspecified atom stereocenters. The van der Waals surface area contributed by atoms with Crippen LogP contribution in [0.5, 0.6) is 5.75 Å². The fourth-order valence-corrected chi connectivity index (χ4v) is 3.72. The summed E-state index contributed by atoms with van der Waals surface area (Å²) in [7, 11) is 1.70. The SMILES string of the molecule is COc1ccc([C@@H](CNC(=S)Nc2ccc(C)cc2)N2CCCCC2)cc1. The number of aryl methyl sites for hydroxylation is 1. The van der Waals surface area contributed by atoms with E-state index < -0.39 is 0 Å². The summed E-state index contributed by atoms with van der Waals surface area (Å²) in [6.45, 7) is 5.13. The molecule has 1 saturated heterocycles. The van der Waals surface area contributed by atoms with Crippen LogP contribution in [0.3, 0.4) is 0 Å². The average Bonchev–Trinajstić information content (AvgIpc) is 2.71. The number of nitrogens with zero attached hydrogens (tertiary/aromatic N) is 1. The van der Waals surface area contributed by atoms with E-state index in [4.69, 9.17) is 17.0 Å². The number of anilines is 1. The predicted molar refractivity (Wildman–Crippen MR) is 117 cm³/mol. The lowest BCUT2D eigenvalue weighted by molar-refractivity contribution is 0.164. The van der Waals surface area contributed by atoms with Gasteiger partial charge in [0.15, 0.2) is 5.11 Å². The van der Waals surface area contributed by atoms with Crippen LogP contribution in [-0.4, -0.2) is 36.8 Å². The quantitative estimate of drug-likeness (QED) is 0.718. The van der Waals surface area contributed by atoms with E-state index in [-0.39, 0.29) is 0 Å². The molecule has 2 aromatic carbocycles. The lowest BCUT2D eigenvalue weighted by Gasteiger charge is -2.35. The maximum Gasteiger partial charge on any atom is 0.170 e. The average molecular weight is 384 g/mol. The van der Waals surface area contributed by atoms with Gasteiger partial charge in [-0.25, -0.2) is 0 Å². The highest BCUT2D eigenvalue weighted by Crippen LogP contribution is 2.26. The van der Waals surface area contributed by atoms with Gasteiger partial charge in [0.05, 0.1) is 13.2 Å². The molecule has 2 N–H and O–H groups in total. The van der Waals surface area contributed by atoms with Gasteiger partial charge in [0, 0.05) is 12.2 Å². The van der Waals surface area contributed by atoms with E-state index in [9.17, 15) is 0 Å². The molecule has 0 radical (unpaired) electrons. The first-order valence-corrected chi connectivity index (χ1v) is 10.1. The van der Waals surface area contributed by atoms with Gasteiger partial charge >= 0.3 is 0 Å². The van der Waals surface area contributed by atoms with Crippen LogP contribution < -0.4 is 15.4 Å². The third kappa shape index (κ3) is 5.68. The lowest BCUT2D eigenvalue weighted by atomic mass is 10.0. The summed E-state index contributed by atoms with van der Waals surface area (Å²) < 4.78 is 5.31. The molecule has 4 nitrogen and oxygen atoms in total. The van der Waals surface area contributed by atoms with E-state index in [1.807, 2.05) is 12.1 Å². The largest absolute Gasteiger partial charge is 0.497 e. The second kappa shape index (κ2) is 9.72. The van der Waals surface area contributed by atoms with Gasteiger partial charge in [-0.2, -0.15) is 0 Å². The highest BCUT2D eigenvalue weighted by Gasteiger charge is 2.22. The number of nitrogens with one attached hydrogen (secondary N) is 2. The molecular weight excluding hydrogens is 354 g/mol. The van der Waals surface area contributed by atoms with Crippen molar-refractivity contribution in [1.82, 2.24) is 10.2 Å². The number of rotatable bonds is 6.